The zero-order valence-corrected chi connectivity index (χ0v) is 22.0. The molecule has 1 aromatic heterocycles. The molecule has 0 radical (unpaired) electrons. The van der Waals surface area contributed by atoms with E-state index in [0.29, 0.717) is 30.2 Å². The van der Waals surface area contributed by atoms with Crippen molar-refractivity contribution in [2.75, 3.05) is 24.5 Å². The Hall–Kier alpha value is -3.71. The Bertz CT molecular complexity index is 1180. The van der Waals surface area contributed by atoms with Gasteiger partial charge in [0.15, 0.2) is 11.6 Å². The van der Waals surface area contributed by atoms with Crippen LogP contribution in [-0.2, 0) is 14.4 Å². The van der Waals surface area contributed by atoms with Crippen molar-refractivity contribution in [3.8, 4) is 6.07 Å². The number of carbonyl (C=O) groups excluding carboxylic acids is 3. The average Bonchev–Trinajstić information content (AvgIpc) is 3.55. The second-order valence-electron chi connectivity index (χ2n) is 10.6. The first-order valence-electron chi connectivity index (χ1n) is 13.2. The van der Waals surface area contributed by atoms with Gasteiger partial charge >= 0.3 is 0 Å². The van der Waals surface area contributed by atoms with Crippen LogP contribution in [0.1, 0.15) is 68.9 Å². The monoisotopic (exact) mass is 521 g/mol. The number of rotatable bonds is 8. The van der Waals surface area contributed by atoms with Gasteiger partial charge < -0.3 is 29.5 Å². The van der Waals surface area contributed by atoms with Crippen molar-refractivity contribution in [3.05, 3.63) is 47.2 Å². The second-order valence-corrected chi connectivity index (χ2v) is 10.6. The molecule has 2 saturated heterocycles. The molecule has 2 amide bonds. The third kappa shape index (κ3) is 5.89. The van der Waals surface area contributed by atoms with Crippen LogP contribution in [0.25, 0.3) is 0 Å². The maximum absolute atomic E-state index is 13.8. The van der Waals surface area contributed by atoms with Gasteiger partial charge in [0.2, 0.25) is 11.8 Å². The summed E-state index contributed by atoms with van der Waals surface area (Å²) in [5.41, 5.74) is 1.36. The van der Waals surface area contributed by atoms with Crippen LogP contribution >= 0.6 is 0 Å². The molecule has 2 aliphatic heterocycles. The van der Waals surface area contributed by atoms with Gasteiger partial charge in [0, 0.05) is 38.0 Å². The van der Waals surface area contributed by atoms with Crippen molar-refractivity contribution < 1.29 is 24.0 Å². The Balaban J connectivity index is 1.47. The molecule has 1 aromatic carbocycles. The van der Waals surface area contributed by atoms with Gasteiger partial charge in [0.05, 0.1) is 23.8 Å². The van der Waals surface area contributed by atoms with Crippen molar-refractivity contribution in [2.24, 2.45) is 11.8 Å². The molecule has 10 heteroatoms. The lowest BCUT2D eigenvalue weighted by Gasteiger charge is -2.30. The van der Waals surface area contributed by atoms with Crippen molar-refractivity contribution in [2.45, 2.75) is 64.1 Å². The van der Waals surface area contributed by atoms with Crippen LogP contribution in [0.15, 0.2) is 34.9 Å². The number of aliphatic hydroxyl groups excluding tert-OH is 1. The fraction of sp³-hybridized carbons (Fsp3) is 0.536. The van der Waals surface area contributed by atoms with Crippen molar-refractivity contribution in [3.63, 3.8) is 0 Å². The Kier molecular flexibility index (Phi) is 8.47. The SMILES string of the molecule is CC(C)[C@@H](C(=O)N1C[C@H](O)C[C@H]1C(=O)N[C@@H](C)c1ccc(C#N)cc1)c1cc(N2CCC(C=O)CC2)no1. The highest BCUT2D eigenvalue weighted by Crippen LogP contribution is 2.33. The molecule has 38 heavy (non-hydrogen) atoms. The summed E-state index contributed by atoms with van der Waals surface area (Å²) in [5.74, 6) is -0.315. The first kappa shape index (κ1) is 27.3. The van der Waals surface area contributed by atoms with E-state index in [4.69, 9.17) is 9.78 Å². The van der Waals surface area contributed by atoms with Crippen LogP contribution in [0, 0.1) is 23.2 Å². The van der Waals surface area contributed by atoms with Crippen LogP contribution < -0.4 is 10.2 Å². The molecule has 10 nitrogen and oxygen atoms in total. The number of aliphatic hydroxyl groups is 1. The minimum absolute atomic E-state index is 0.0611. The largest absolute Gasteiger partial charge is 0.391 e. The number of aromatic nitrogens is 1. The van der Waals surface area contributed by atoms with Crippen LogP contribution in [0.3, 0.4) is 0 Å². The highest BCUT2D eigenvalue weighted by molar-refractivity contribution is 5.91. The molecule has 0 aliphatic carbocycles. The number of nitriles is 1. The van der Waals surface area contributed by atoms with Crippen molar-refractivity contribution >= 4 is 23.9 Å². The lowest BCUT2D eigenvalue weighted by Crippen LogP contribution is -2.48. The maximum Gasteiger partial charge on any atom is 0.243 e. The van der Waals surface area contributed by atoms with Crippen LogP contribution in [-0.4, -0.2) is 65.0 Å². The quantitative estimate of drug-likeness (QED) is 0.505. The molecule has 0 unspecified atom stereocenters. The number of hydrogen-bond donors (Lipinski definition) is 2. The topological polar surface area (TPSA) is 140 Å². The molecule has 0 bridgehead atoms. The molecule has 2 N–H and O–H groups in total. The number of piperidine rings is 1. The zero-order chi connectivity index (χ0) is 27.4. The highest BCUT2D eigenvalue weighted by atomic mass is 16.5. The van der Waals surface area contributed by atoms with E-state index in [1.807, 2.05) is 20.8 Å². The number of likely N-dealkylation sites (tertiary alicyclic amines) is 1. The third-order valence-corrected chi connectivity index (χ3v) is 7.57. The van der Waals surface area contributed by atoms with E-state index in [-0.39, 0.29) is 42.7 Å². The van der Waals surface area contributed by atoms with E-state index < -0.39 is 18.1 Å². The molecule has 4 atom stereocenters. The number of nitrogens with one attached hydrogen (secondary N) is 1. The Morgan fingerprint density at radius 2 is 1.89 bits per heavy atom. The van der Waals surface area contributed by atoms with E-state index in [2.05, 4.69) is 21.4 Å². The minimum atomic E-state index is -0.815. The summed E-state index contributed by atoms with van der Waals surface area (Å²) >= 11 is 0. The Morgan fingerprint density at radius 1 is 1.21 bits per heavy atom. The number of anilines is 1. The zero-order valence-electron chi connectivity index (χ0n) is 22.0. The molecule has 0 spiro atoms. The number of amides is 2. The van der Waals surface area contributed by atoms with Gasteiger partial charge in [-0.15, -0.1) is 0 Å². The van der Waals surface area contributed by atoms with Crippen molar-refractivity contribution in [1.29, 1.82) is 5.26 Å². The summed E-state index contributed by atoms with van der Waals surface area (Å²) in [6, 6.07) is 9.64. The highest BCUT2D eigenvalue weighted by Gasteiger charge is 2.43. The molecule has 2 aliphatic rings. The van der Waals surface area contributed by atoms with Gasteiger partial charge in [-0.2, -0.15) is 5.26 Å². The van der Waals surface area contributed by atoms with Gasteiger partial charge in [0.25, 0.3) is 0 Å². The molecule has 4 rings (SSSR count). The predicted octanol–water partition coefficient (Wildman–Crippen LogP) is 2.54. The second kappa shape index (κ2) is 11.8. The summed E-state index contributed by atoms with van der Waals surface area (Å²) < 4.78 is 5.64. The normalized spacial score (nSPS) is 21.7. The van der Waals surface area contributed by atoms with Crippen LogP contribution in [0.5, 0.6) is 0 Å². The summed E-state index contributed by atoms with van der Waals surface area (Å²) in [7, 11) is 0. The van der Waals surface area contributed by atoms with Gasteiger partial charge in [-0.05, 0) is 43.4 Å². The molecule has 0 saturated carbocycles. The molecule has 2 fully saturated rings. The van der Waals surface area contributed by atoms with Gasteiger partial charge in [-0.3, -0.25) is 9.59 Å². The summed E-state index contributed by atoms with van der Waals surface area (Å²) in [6.07, 6.45) is 1.84. The van der Waals surface area contributed by atoms with Gasteiger partial charge in [0.1, 0.15) is 18.2 Å². The fourth-order valence-electron chi connectivity index (χ4n) is 5.30. The first-order valence-corrected chi connectivity index (χ1v) is 13.2. The number of aldehydes is 1. The Morgan fingerprint density at radius 3 is 2.50 bits per heavy atom. The predicted molar refractivity (Wildman–Crippen MR) is 139 cm³/mol. The maximum atomic E-state index is 13.8. The number of nitrogens with zero attached hydrogens (tertiary/aromatic N) is 4. The lowest BCUT2D eigenvalue weighted by atomic mass is 9.91. The van der Waals surface area contributed by atoms with E-state index in [1.165, 1.54) is 4.90 Å². The summed E-state index contributed by atoms with van der Waals surface area (Å²) in [4.78, 5) is 41.6. The number of carbonyl (C=O) groups is 3. The number of β-amino-alcohol motifs (C(OH)–C–C–N with tert-alkyl or cyclic N) is 1. The van der Waals surface area contributed by atoms with Crippen molar-refractivity contribution in [1.82, 2.24) is 15.4 Å². The number of benzene rings is 1. The van der Waals surface area contributed by atoms with Gasteiger partial charge in [-0.1, -0.05) is 31.1 Å². The molecular formula is C28H35N5O5. The van der Waals surface area contributed by atoms with E-state index in [1.54, 1.807) is 30.3 Å². The fourth-order valence-corrected chi connectivity index (χ4v) is 5.30. The Labute approximate surface area is 222 Å². The molecular weight excluding hydrogens is 486 g/mol. The van der Waals surface area contributed by atoms with E-state index >= 15 is 0 Å². The summed E-state index contributed by atoms with van der Waals surface area (Å²) in [6.45, 7) is 7.10. The first-order chi connectivity index (χ1) is 18.2. The van der Waals surface area contributed by atoms with Crippen LogP contribution in [0.2, 0.25) is 0 Å². The number of hydrogen-bond acceptors (Lipinski definition) is 8. The molecule has 202 valence electrons. The van der Waals surface area contributed by atoms with E-state index in [9.17, 15) is 19.5 Å². The average molecular weight is 522 g/mol. The minimum Gasteiger partial charge on any atom is -0.391 e. The lowest BCUT2D eigenvalue weighted by molar-refractivity contribution is -0.141. The van der Waals surface area contributed by atoms with E-state index in [0.717, 1.165) is 24.7 Å². The smallest absolute Gasteiger partial charge is 0.243 e. The molecule has 2 aromatic rings. The molecule has 3 heterocycles. The van der Waals surface area contributed by atoms with Gasteiger partial charge in [-0.25, -0.2) is 0 Å². The standard InChI is InChI=1S/C28H35N5O5/c1-17(2)26(24-13-25(31-38-24)32-10-8-20(16-34)9-11-32)28(37)33-15-22(35)12-23(33)27(36)30-18(3)21-6-4-19(14-29)5-7-21/h4-7,13,16-18,20,22-23,26,35H,8-12,15H2,1-3H3,(H,30,36)/t18-,22+,23-,26+/m0/s1. The third-order valence-electron chi connectivity index (χ3n) is 7.57. The summed E-state index contributed by atoms with van der Waals surface area (Å²) in [5, 5.41) is 26.6. The van der Waals surface area contributed by atoms with Crippen LogP contribution in [0.4, 0.5) is 5.82 Å².